The Kier molecular flexibility index (Phi) is 7.83. The zero-order valence-electron chi connectivity index (χ0n) is 12.2. The Morgan fingerprint density at radius 2 is 2.06 bits per heavy atom. The molecule has 0 saturated carbocycles. The van der Waals surface area contributed by atoms with Crippen molar-refractivity contribution in [2.75, 3.05) is 6.54 Å². The number of hydrogen-bond donors (Lipinski definition) is 1. The van der Waals surface area contributed by atoms with Crippen LogP contribution in [0, 0.1) is 5.92 Å². The Morgan fingerprint density at radius 1 is 1.22 bits per heavy atom. The van der Waals surface area contributed by atoms with Gasteiger partial charge >= 0.3 is 0 Å². The van der Waals surface area contributed by atoms with Crippen LogP contribution in [0.2, 0.25) is 0 Å². The van der Waals surface area contributed by atoms with Gasteiger partial charge in [0.05, 0.1) is 12.3 Å². The quantitative estimate of drug-likeness (QED) is 0.638. The monoisotopic (exact) mass is 251 g/mol. The van der Waals surface area contributed by atoms with Crippen molar-refractivity contribution in [3.8, 4) is 0 Å². The Hall–Kier alpha value is -0.760. The second-order valence-electron chi connectivity index (χ2n) is 5.17. The van der Waals surface area contributed by atoms with Crippen molar-refractivity contribution in [3.63, 3.8) is 0 Å². The first-order chi connectivity index (χ1) is 8.81. The van der Waals surface area contributed by atoms with E-state index >= 15 is 0 Å². The van der Waals surface area contributed by atoms with Gasteiger partial charge in [-0.25, -0.2) is 0 Å². The molecule has 1 heterocycles. The lowest BCUT2D eigenvalue weighted by atomic mass is 9.91. The van der Waals surface area contributed by atoms with E-state index in [1.165, 1.54) is 38.5 Å². The van der Waals surface area contributed by atoms with Gasteiger partial charge in [0.15, 0.2) is 0 Å². The number of hydrogen-bond acceptors (Lipinski definition) is 2. The van der Waals surface area contributed by atoms with Gasteiger partial charge in [0.2, 0.25) is 0 Å². The van der Waals surface area contributed by atoms with Crippen LogP contribution in [0.3, 0.4) is 0 Å². The van der Waals surface area contributed by atoms with E-state index in [1.807, 2.05) is 6.07 Å². The molecule has 104 valence electrons. The summed E-state index contributed by atoms with van der Waals surface area (Å²) in [5, 5.41) is 3.62. The van der Waals surface area contributed by atoms with Crippen LogP contribution in [-0.4, -0.2) is 6.54 Å². The highest BCUT2D eigenvalue weighted by atomic mass is 16.3. The van der Waals surface area contributed by atoms with Crippen LogP contribution in [0.4, 0.5) is 0 Å². The molecule has 2 unspecified atom stereocenters. The Labute approximate surface area is 112 Å². The van der Waals surface area contributed by atoms with Crippen molar-refractivity contribution in [3.05, 3.63) is 24.2 Å². The molecule has 2 nitrogen and oxygen atoms in total. The summed E-state index contributed by atoms with van der Waals surface area (Å²) in [5.41, 5.74) is 0. The van der Waals surface area contributed by atoms with Crippen LogP contribution in [0.25, 0.3) is 0 Å². The van der Waals surface area contributed by atoms with Gasteiger partial charge in [-0.2, -0.15) is 0 Å². The fraction of sp³-hybridized carbons (Fsp3) is 0.750. The van der Waals surface area contributed by atoms with E-state index in [0.29, 0.717) is 6.04 Å². The van der Waals surface area contributed by atoms with Crippen molar-refractivity contribution in [1.29, 1.82) is 0 Å². The summed E-state index contributed by atoms with van der Waals surface area (Å²) in [7, 11) is 0. The third-order valence-corrected chi connectivity index (χ3v) is 3.64. The number of rotatable bonds is 10. The smallest absolute Gasteiger partial charge is 0.120 e. The third-order valence-electron chi connectivity index (χ3n) is 3.64. The van der Waals surface area contributed by atoms with E-state index < -0.39 is 0 Å². The molecular formula is C16H29NO. The molecule has 1 aromatic heterocycles. The second kappa shape index (κ2) is 9.21. The van der Waals surface area contributed by atoms with E-state index in [-0.39, 0.29) is 0 Å². The molecule has 0 aliphatic carbocycles. The topological polar surface area (TPSA) is 25.2 Å². The Balaban J connectivity index is 2.53. The highest BCUT2D eigenvalue weighted by molar-refractivity contribution is 5.04. The fourth-order valence-electron chi connectivity index (χ4n) is 2.42. The molecule has 2 heteroatoms. The first-order valence-electron chi connectivity index (χ1n) is 7.58. The van der Waals surface area contributed by atoms with Crippen molar-refractivity contribution < 1.29 is 4.42 Å². The normalized spacial score (nSPS) is 14.6. The summed E-state index contributed by atoms with van der Waals surface area (Å²) in [6.45, 7) is 7.85. The highest BCUT2D eigenvalue weighted by Gasteiger charge is 2.18. The summed E-state index contributed by atoms with van der Waals surface area (Å²) < 4.78 is 5.58. The number of furan rings is 1. The molecule has 0 fully saturated rings. The molecular weight excluding hydrogens is 222 g/mol. The van der Waals surface area contributed by atoms with Gasteiger partial charge in [-0.05, 0) is 37.4 Å². The van der Waals surface area contributed by atoms with Gasteiger partial charge in [-0.15, -0.1) is 0 Å². The van der Waals surface area contributed by atoms with E-state index in [1.54, 1.807) is 6.26 Å². The Bertz CT molecular complexity index is 281. The van der Waals surface area contributed by atoms with Crippen LogP contribution in [0.1, 0.15) is 71.1 Å². The number of nitrogens with one attached hydrogen (secondary N) is 1. The molecule has 0 aliphatic heterocycles. The van der Waals surface area contributed by atoms with Gasteiger partial charge in [-0.1, -0.05) is 46.5 Å². The van der Waals surface area contributed by atoms with Gasteiger partial charge in [-0.3, -0.25) is 0 Å². The first-order valence-corrected chi connectivity index (χ1v) is 7.58. The fourth-order valence-corrected chi connectivity index (χ4v) is 2.42. The average molecular weight is 251 g/mol. The maximum atomic E-state index is 5.58. The van der Waals surface area contributed by atoms with Gasteiger partial charge in [0.25, 0.3) is 0 Å². The molecule has 0 spiro atoms. The van der Waals surface area contributed by atoms with Crippen LogP contribution >= 0.6 is 0 Å². The van der Waals surface area contributed by atoms with E-state index in [0.717, 1.165) is 18.2 Å². The minimum absolute atomic E-state index is 0.391. The summed E-state index contributed by atoms with van der Waals surface area (Å²) in [4.78, 5) is 0. The first kappa shape index (κ1) is 15.3. The molecule has 1 N–H and O–H groups in total. The summed E-state index contributed by atoms with van der Waals surface area (Å²) >= 11 is 0. The van der Waals surface area contributed by atoms with E-state index in [4.69, 9.17) is 4.42 Å². The van der Waals surface area contributed by atoms with Gasteiger partial charge in [0.1, 0.15) is 5.76 Å². The molecule has 0 radical (unpaired) electrons. The maximum Gasteiger partial charge on any atom is 0.120 e. The highest BCUT2D eigenvalue weighted by Crippen LogP contribution is 2.27. The molecule has 0 saturated heterocycles. The van der Waals surface area contributed by atoms with Crippen LogP contribution in [-0.2, 0) is 0 Å². The molecule has 2 atom stereocenters. The summed E-state index contributed by atoms with van der Waals surface area (Å²) in [6.07, 6.45) is 9.40. The molecule has 0 amide bonds. The molecule has 0 bridgehead atoms. The summed E-state index contributed by atoms with van der Waals surface area (Å²) in [6, 6.07) is 4.48. The second-order valence-corrected chi connectivity index (χ2v) is 5.17. The van der Waals surface area contributed by atoms with E-state index in [2.05, 4.69) is 32.2 Å². The average Bonchev–Trinajstić information content (AvgIpc) is 2.92. The predicted molar refractivity (Wildman–Crippen MR) is 77.7 cm³/mol. The maximum absolute atomic E-state index is 5.58. The van der Waals surface area contributed by atoms with Crippen molar-refractivity contribution in [2.45, 2.75) is 65.3 Å². The minimum Gasteiger partial charge on any atom is -0.468 e. The van der Waals surface area contributed by atoms with E-state index in [9.17, 15) is 0 Å². The zero-order chi connectivity index (χ0) is 13.2. The zero-order valence-corrected chi connectivity index (χ0v) is 12.2. The standard InChI is InChI=1S/C16H29NO/c1-4-7-9-14(6-3)13-15(17-11-5-2)16-10-8-12-18-16/h8,10,12,14-15,17H,4-7,9,11,13H2,1-3H3. The molecule has 1 aromatic rings. The van der Waals surface area contributed by atoms with Crippen molar-refractivity contribution in [2.24, 2.45) is 5.92 Å². The van der Waals surface area contributed by atoms with Crippen LogP contribution < -0.4 is 5.32 Å². The minimum atomic E-state index is 0.391. The van der Waals surface area contributed by atoms with Gasteiger partial charge < -0.3 is 9.73 Å². The lowest BCUT2D eigenvalue weighted by Gasteiger charge is -2.22. The molecule has 18 heavy (non-hydrogen) atoms. The lowest BCUT2D eigenvalue weighted by Crippen LogP contribution is -2.24. The Morgan fingerprint density at radius 3 is 2.61 bits per heavy atom. The summed E-state index contributed by atoms with van der Waals surface area (Å²) in [5.74, 6) is 1.91. The van der Waals surface area contributed by atoms with Crippen molar-refractivity contribution >= 4 is 0 Å². The largest absolute Gasteiger partial charge is 0.468 e. The molecule has 0 aliphatic rings. The SMILES string of the molecule is CCCCC(CC)CC(NCCC)c1ccco1. The molecule has 0 aromatic carbocycles. The molecule has 1 rings (SSSR count). The third kappa shape index (κ3) is 5.26. The van der Waals surface area contributed by atoms with Crippen LogP contribution in [0.5, 0.6) is 0 Å². The lowest BCUT2D eigenvalue weighted by molar-refractivity contribution is 0.318. The van der Waals surface area contributed by atoms with Crippen LogP contribution in [0.15, 0.2) is 22.8 Å². The van der Waals surface area contributed by atoms with Gasteiger partial charge in [0, 0.05) is 0 Å². The van der Waals surface area contributed by atoms with Crippen molar-refractivity contribution in [1.82, 2.24) is 5.32 Å². The number of unbranched alkanes of at least 4 members (excludes halogenated alkanes) is 1. The predicted octanol–water partition coefficient (Wildman–Crippen LogP) is 4.93.